The quantitative estimate of drug-likeness (QED) is 0.0539. The Balaban J connectivity index is 1.82. The Kier molecular flexibility index (Phi) is 25.3. The molecule has 0 amide bonds. The molecule has 0 unspecified atom stereocenters. The van der Waals surface area contributed by atoms with Crippen LogP contribution in [0.2, 0.25) is 0 Å². The van der Waals surface area contributed by atoms with Gasteiger partial charge in [-0.05, 0) is 12.8 Å². The van der Waals surface area contributed by atoms with E-state index in [1.807, 2.05) is 0 Å². The van der Waals surface area contributed by atoms with Gasteiger partial charge in [-0.25, -0.2) is 4.79 Å². The summed E-state index contributed by atoms with van der Waals surface area (Å²) in [6.45, 7) is 4.02. The number of rotatable bonds is 32. The first-order chi connectivity index (χ1) is 26.5. The molecule has 1 aromatic rings. The van der Waals surface area contributed by atoms with Gasteiger partial charge in [-0.3, -0.25) is 14.2 Å². The van der Waals surface area contributed by atoms with Crippen LogP contribution in [0.15, 0.2) is 11.0 Å². The molecule has 1 fully saturated rings. The summed E-state index contributed by atoms with van der Waals surface area (Å²) in [4.78, 5) is 41.4. The van der Waals surface area contributed by atoms with Gasteiger partial charge in [-0.1, -0.05) is 168 Å². The molecule has 0 spiro atoms. The summed E-state index contributed by atoms with van der Waals surface area (Å²) in [7, 11) is 0. The van der Waals surface area contributed by atoms with Gasteiger partial charge < -0.3 is 25.1 Å². The second kappa shape index (κ2) is 28.7. The summed E-state index contributed by atoms with van der Waals surface area (Å²) in [5, 5.41) is 11.2. The minimum atomic E-state index is -4.93. The topological polar surface area (TPSA) is 143 Å². The number of alkyl halides is 3. The third-order valence-electron chi connectivity index (χ3n) is 10.5. The number of anilines is 1. The highest BCUT2D eigenvalue weighted by atomic mass is 19.4. The zero-order valence-electron chi connectivity index (χ0n) is 33.9. The van der Waals surface area contributed by atoms with Crippen LogP contribution in [0.1, 0.15) is 205 Å². The number of nitrogen functional groups attached to an aromatic ring is 1. The van der Waals surface area contributed by atoms with Crippen molar-refractivity contribution in [1.82, 2.24) is 9.55 Å². The Morgan fingerprint density at radius 1 is 0.727 bits per heavy atom. The van der Waals surface area contributed by atoms with Crippen LogP contribution in [0.4, 0.5) is 19.0 Å². The van der Waals surface area contributed by atoms with Crippen LogP contribution >= 0.6 is 0 Å². The molecule has 3 N–H and O–H groups in total. The fraction of sp³-hybridized carbons (Fsp3) is 0.857. The van der Waals surface area contributed by atoms with Crippen molar-refractivity contribution in [2.45, 2.75) is 224 Å². The third kappa shape index (κ3) is 20.4. The third-order valence-corrected chi connectivity index (χ3v) is 10.5. The Morgan fingerprint density at radius 2 is 1.13 bits per heavy atom. The minimum absolute atomic E-state index is 0.0683. The van der Waals surface area contributed by atoms with Crippen molar-refractivity contribution in [2.75, 3.05) is 12.3 Å². The minimum Gasteiger partial charge on any atom is -0.463 e. The van der Waals surface area contributed by atoms with Gasteiger partial charge in [-0.2, -0.15) is 18.2 Å². The molecule has 1 aliphatic heterocycles. The molecule has 2 rings (SSSR count). The predicted molar refractivity (Wildman–Crippen MR) is 209 cm³/mol. The Morgan fingerprint density at radius 3 is 1.55 bits per heavy atom. The van der Waals surface area contributed by atoms with Crippen molar-refractivity contribution < 1.29 is 42.1 Å². The number of esters is 2. The van der Waals surface area contributed by atoms with Gasteiger partial charge in [0, 0.05) is 19.0 Å². The van der Waals surface area contributed by atoms with E-state index >= 15 is 0 Å². The Bertz CT molecular complexity index is 1250. The standard InChI is InChI=1S/C42H72F3N3O7/c1-3-5-7-9-11-13-15-17-19-21-23-25-27-29-35(49)53-32-34-38(37(51)40(54-34)48-31-33(42(43,44)45)39(46)47-41(48)52)55-36(50)30-28-26-24-22-20-18-16-14-12-10-8-6-4-2/h31,34,37-38,40,51H,3-30,32H2,1-2H3,(H2,46,47,52)/t34-,37+,38-,40-/m1/s1. The Hall–Kier alpha value is -2.67. The van der Waals surface area contributed by atoms with E-state index in [9.17, 15) is 32.7 Å². The van der Waals surface area contributed by atoms with Gasteiger partial charge in [0.25, 0.3) is 0 Å². The number of halogens is 3. The number of hydrogen-bond acceptors (Lipinski definition) is 9. The van der Waals surface area contributed by atoms with Gasteiger partial charge in [0.2, 0.25) is 0 Å². The first-order valence-electron chi connectivity index (χ1n) is 21.6. The normalized spacial score (nSPS) is 18.5. The zero-order valence-corrected chi connectivity index (χ0v) is 33.9. The average molecular weight is 788 g/mol. The molecule has 10 nitrogen and oxygen atoms in total. The van der Waals surface area contributed by atoms with Crippen LogP contribution in [-0.2, 0) is 30.0 Å². The highest BCUT2D eigenvalue weighted by Crippen LogP contribution is 2.35. The second-order valence-corrected chi connectivity index (χ2v) is 15.4. The first-order valence-corrected chi connectivity index (χ1v) is 21.6. The Labute approximate surface area is 327 Å². The van der Waals surface area contributed by atoms with Gasteiger partial charge in [0.05, 0.1) is 0 Å². The molecule has 0 radical (unpaired) electrons. The molecular formula is C42H72F3N3O7. The number of hydrogen-bond donors (Lipinski definition) is 2. The van der Waals surface area contributed by atoms with Crippen LogP contribution in [-0.4, -0.2) is 51.5 Å². The molecule has 1 aliphatic rings. The molecule has 4 atom stereocenters. The number of aliphatic hydroxyl groups is 1. The van der Waals surface area contributed by atoms with E-state index in [1.54, 1.807) is 0 Å². The van der Waals surface area contributed by atoms with E-state index in [0.717, 1.165) is 44.9 Å². The maximum Gasteiger partial charge on any atom is 0.421 e. The number of nitrogens with two attached hydrogens (primary N) is 1. The maximum atomic E-state index is 13.6. The molecule has 0 aromatic carbocycles. The van der Waals surface area contributed by atoms with Crippen LogP contribution in [0.5, 0.6) is 0 Å². The van der Waals surface area contributed by atoms with E-state index in [-0.39, 0.29) is 12.8 Å². The number of aliphatic hydroxyl groups excluding tert-OH is 1. The van der Waals surface area contributed by atoms with Gasteiger partial charge in [0.15, 0.2) is 12.3 Å². The van der Waals surface area contributed by atoms with Crippen molar-refractivity contribution in [1.29, 1.82) is 0 Å². The molecule has 13 heteroatoms. The highest BCUT2D eigenvalue weighted by molar-refractivity contribution is 5.70. The molecule has 2 heterocycles. The average Bonchev–Trinajstić information content (AvgIpc) is 3.44. The predicted octanol–water partition coefficient (Wildman–Crippen LogP) is 10.5. The van der Waals surface area contributed by atoms with Crippen molar-refractivity contribution >= 4 is 17.8 Å². The first kappa shape index (κ1) is 48.5. The van der Waals surface area contributed by atoms with Crippen LogP contribution in [0, 0.1) is 0 Å². The fourth-order valence-electron chi connectivity index (χ4n) is 7.14. The van der Waals surface area contributed by atoms with Crippen molar-refractivity contribution in [3.63, 3.8) is 0 Å². The van der Waals surface area contributed by atoms with E-state index in [1.165, 1.54) is 109 Å². The summed E-state index contributed by atoms with van der Waals surface area (Å²) >= 11 is 0. The summed E-state index contributed by atoms with van der Waals surface area (Å²) in [5.74, 6) is -2.15. The molecular weight excluding hydrogens is 715 g/mol. The molecule has 55 heavy (non-hydrogen) atoms. The number of carbonyl (C=O) groups is 2. The summed E-state index contributed by atoms with van der Waals surface area (Å²) < 4.78 is 58.1. The lowest BCUT2D eigenvalue weighted by atomic mass is 10.0. The summed E-state index contributed by atoms with van der Waals surface area (Å²) in [6, 6.07) is 0. The number of unbranched alkanes of at least 4 members (excludes halogenated alkanes) is 24. The van der Waals surface area contributed by atoms with E-state index in [0.29, 0.717) is 23.6 Å². The van der Waals surface area contributed by atoms with Crippen molar-refractivity contribution in [2.24, 2.45) is 0 Å². The largest absolute Gasteiger partial charge is 0.463 e. The lowest BCUT2D eigenvalue weighted by Gasteiger charge is -2.21. The monoisotopic (exact) mass is 788 g/mol. The lowest BCUT2D eigenvalue weighted by Crippen LogP contribution is -2.40. The number of nitrogens with zero attached hydrogens (tertiary/aromatic N) is 2. The van der Waals surface area contributed by atoms with Gasteiger partial charge >= 0.3 is 23.8 Å². The van der Waals surface area contributed by atoms with E-state index < -0.39 is 66.3 Å². The van der Waals surface area contributed by atoms with E-state index in [2.05, 4.69) is 18.8 Å². The second-order valence-electron chi connectivity index (χ2n) is 15.4. The zero-order chi connectivity index (χ0) is 40.3. The van der Waals surface area contributed by atoms with Gasteiger partial charge in [0.1, 0.15) is 30.2 Å². The van der Waals surface area contributed by atoms with Crippen molar-refractivity contribution in [3.8, 4) is 0 Å². The molecule has 1 saturated heterocycles. The maximum absolute atomic E-state index is 13.6. The van der Waals surface area contributed by atoms with E-state index in [4.69, 9.17) is 19.9 Å². The number of carbonyl (C=O) groups excluding carboxylic acids is 2. The molecule has 1 aromatic heterocycles. The number of ether oxygens (including phenoxy) is 3. The molecule has 0 bridgehead atoms. The molecule has 318 valence electrons. The number of aromatic nitrogens is 2. The van der Waals surface area contributed by atoms with Crippen LogP contribution in [0.3, 0.4) is 0 Å². The fourth-order valence-corrected chi connectivity index (χ4v) is 7.14. The molecule has 0 aliphatic carbocycles. The SMILES string of the molecule is CCCCCCCCCCCCCCCC(=O)OC[C@H]1O[C@@H](n2cc(C(F)(F)F)c(N)nc2=O)[C@@H](O)[C@@H]1OC(=O)CCCCCCCCCCCCCCC. The smallest absolute Gasteiger partial charge is 0.421 e. The highest BCUT2D eigenvalue weighted by Gasteiger charge is 2.49. The van der Waals surface area contributed by atoms with Crippen molar-refractivity contribution in [3.05, 3.63) is 22.2 Å². The summed E-state index contributed by atoms with van der Waals surface area (Å²) in [5.41, 5.74) is 2.80. The lowest BCUT2D eigenvalue weighted by molar-refractivity contribution is -0.160. The van der Waals surface area contributed by atoms with Gasteiger partial charge in [-0.15, -0.1) is 0 Å². The summed E-state index contributed by atoms with van der Waals surface area (Å²) in [6.07, 6.45) is 19.7. The van der Waals surface area contributed by atoms with Crippen LogP contribution in [0.25, 0.3) is 0 Å². The molecule has 0 saturated carbocycles. The van der Waals surface area contributed by atoms with Crippen LogP contribution < -0.4 is 11.4 Å².